The summed E-state index contributed by atoms with van der Waals surface area (Å²) in [4.78, 5) is 25.9. The minimum atomic E-state index is -0.246. The lowest BCUT2D eigenvalue weighted by molar-refractivity contribution is -0.124. The summed E-state index contributed by atoms with van der Waals surface area (Å²) in [7, 11) is 3.51. The van der Waals surface area contributed by atoms with E-state index >= 15 is 0 Å². The number of nitrogens with zero attached hydrogens (tertiary/aromatic N) is 1. The number of hydrogen-bond donors (Lipinski definition) is 1. The highest BCUT2D eigenvalue weighted by Crippen LogP contribution is 2.12. The highest BCUT2D eigenvalue weighted by Gasteiger charge is 2.22. The predicted octanol–water partition coefficient (Wildman–Crippen LogP) is 2.13. The van der Waals surface area contributed by atoms with Crippen LogP contribution >= 0.6 is 0 Å². The van der Waals surface area contributed by atoms with Crippen molar-refractivity contribution in [3.05, 3.63) is 35.4 Å². The molecule has 1 N–H and O–H groups in total. The van der Waals surface area contributed by atoms with E-state index in [1.807, 2.05) is 50.1 Å². The van der Waals surface area contributed by atoms with E-state index in [0.717, 1.165) is 12.0 Å². The smallest absolute Gasteiger partial charge is 0.223 e. The Morgan fingerprint density at radius 2 is 1.76 bits per heavy atom. The third-order valence-electron chi connectivity index (χ3n) is 3.94. The van der Waals surface area contributed by atoms with Crippen LogP contribution in [-0.4, -0.2) is 43.3 Å². The van der Waals surface area contributed by atoms with Crippen LogP contribution in [0.15, 0.2) is 24.3 Å². The van der Waals surface area contributed by atoms with Gasteiger partial charge in [0.2, 0.25) is 5.91 Å². The largest absolute Gasteiger partial charge is 0.359 e. The zero-order valence-corrected chi connectivity index (χ0v) is 13.6. The first-order chi connectivity index (χ1) is 9.90. The van der Waals surface area contributed by atoms with Crippen molar-refractivity contribution in [3.8, 4) is 0 Å². The Hall–Kier alpha value is -1.68. The maximum absolute atomic E-state index is 12.5. The van der Waals surface area contributed by atoms with E-state index in [-0.39, 0.29) is 23.7 Å². The van der Waals surface area contributed by atoms with Gasteiger partial charge in [-0.2, -0.15) is 0 Å². The average Bonchev–Trinajstić information content (AvgIpc) is 2.52. The van der Waals surface area contributed by atoms with Crippen molar-refractivity contribution in [2.75, 3.05) is 20.6 Å². The molecule has 0 saturated heterocycles. The summed E-state index contributed by atoms with van der Waals surface area (Å²) in [5.74, 6) is -0.0595. The number of ketones is 1. The maximum atomic E-state index is 12.5. The van der Waals surface area contributed by atoms with Gasteiger partial charge >= 0.3 is 0 Å². The third-order valence-corrected chi connectivity index (χ3v) is 3.94. The van der Waals surface area contributed by atoms with E-state index in [9.17, 15) is 9.59 Å². The van der Waals surface area contributed by atoms with Crippen LogP contribution in [0, 0.1) is 5.92 Å². The van der Waals surface area contributed by atoms with Crippen LogP contribution in [0.3, 0.4) is 0 Å². The van der Waals surface area contributed by atoms with E-state index in [2.05, 4.69) is 12.2 Å². The molecule has 1 amide bonds. The summed E-state index contributed by atoms with van der Waals surface area (Å²) in [6, 6.07) is 7.51. The molecule has 0 aliphatic carbocycles. The van der Waals surface area contributed by atoms with Gasteiger partial charge in [0.05, 0.1) is 6.04 Å². The highest BCUT2D eigenvalue weighted by molar-refractivity contribution is 5.99. The van der Waals surface area contributed by atoms with Crippen molar-refractivity contribution in [2.45, 2.75) is 33.2 Å². The minimum absolute atomic E-state index is 0.00574. The van der Waals surface area contributed by atoms with Gasteiger partial charge in [0, 0.05) is 25.1 Å². The first-order valence-electron chi connectivity index (χ1n) is 7.45. The predicted molar refractivity (Wildman–Crippen MR) is 85.5 cm³/mol. The molecule has 0 aliphatic rings. The minimum Gasteiger partial charge on any atom is -0.359 e. The normalized spacial score (nSPS) is 13.8. The molecule has 4 nitrogen and oxygen atoms in total. The Bertz CT molecular complexity index is 482. The molecule has 116 valence electrons. The molecule has 4 heteroatoms. The second kappa shape index (κ2) is 7.93. The van der Waals surface area contributed by atoms with Crippen LogP contribution in [0.2, 0.25) is 0 Å². The van der Waals surface area contributed by atoms with Crippen molar-refractivity contribution in [1.29, 1.82) is 0 Å². The number of hydrogen-bond acceptors (Lipinski definition) is 3. The zero-order chi connectivity index (χ0) is 16.0. The number of carbonyl (C=O) groups excluding carboxylic acids is 2. The van der Waals surface area contributed by atoms with Crippen LogP contribution in [0.4, 0.5) is 0 Å². The van der Waals surface area contributed by atoms with Gasteiger partial charge in [0.15, 0.2) is 5.78 Å². The summed E-state index contributed by atoms with van der Waals surface area (Å²) >= 11 is 0. The summed E-state index contributed by atoms with van der Waals surface area (Å²) in [5.41, 5.74) is 1.94. The van der Waals surface area contributed by atoms with Gasteiger partial charge in [-0.25, -0.2) is 0 Å². The molecule has 1 aromatic carbocycles. The molecule has 1 rings (SSSR count). The van der Waals surface area contributed by atoms with Crippen LogP contribution < -0.4 is 5.32 Å². The molecule has 0 radical (unpaired) electrons. The standard InChI is InChI=1S/C17H26N2O2/c1-6-14-7-9-15(10-8-14)16(20)13(3)19(5)11-12(2)17(21)18-4/h7-10,12-13H,6,11H2,1-5H3,(H,18,21). The lowest BCUT2D eigenvalue weighted by Crippen LogP contribution is -2.41. The number of amides is 1. The number of aryl methyl sites for hydroxylation is 1. The molecular weight excluding hydrogens is 264 g/mol. The van der Waals surface area contributed by atoms with Crippen molar-refractivity contribution in [3.63, 3.8) is 0 Å². The number of likely N-dealkylation sites (N-methyl/N-ethyl adjacent to an activating group) is 1. The second-order valence-electron chi connectivity index (χ2n) is 5.55. The van der Waals surface area contributed by atoms with E-state index in [1.165, 1.54) is 5.56 Å². The van der Waals surface area contributed by atoms with E-state index in [0.29, 0.717) is 6.54 Å². The molecule has 0 aliphatic heterocycles. The van der Waals surface area contributed by atoms with Gasteiger partial charge in [-0.15, -0.1) is 0 Å². The Morgan fingerprint density at radius 1 is 1.19 bits per heavy atom. The first kappa shape index (κ1) is 17.4. The van der Waals surface area contributed by atoms with Crippen LogP contribution in [-0.2, 0) is 11.2 Å². The number of rotatable bonds is 7. The summed E-state index contributed by atoms with van der Waals surface area (Å²) < 4.78 is 0. The Labute approximate surface area is 127 Å². The summed E-state index contributed by atoms with van der Waals surface area (Å²) in [5, 5.41) is 2.63. The topological polar surface area (TPSA) is 49.4 Å². The number of nitrogens with one attached hydrogen (secondary N) is 1. The van der Waals surface area contributed by atoms with Crippen molar-refractivity contribution in [2.24, 2.45) is 5.92 Å². The maximum Gasteiger partial charge on any atom is 0.223 e. The van der Waals surface area contributed by atoms with Crippen LogP contribution in [0.25, 0.3) is 0 Å². The summed E-state index contributed by atoms with van der Waals surface area (Å²) in [6.45, 7) is 6.39. The monoisotopic (exact) mass is 290 g/mol. The molecule has 21 heavy (non-hydrogen) atoms. The fourth-order valence-electron chi connectivity index (χ4n) is 2.27. The number of Topliss-reactive ketones (excluding diaryl/α,β-unsaturated/α-hetero) is 1. The van der Waals surface area contributed by atoms with Crippen molar-refractivity contribution in [1.82, 2.24) is 10.2 Å². The van der Waals surface area contributed by atoms with Gasteiger partial charge in [-0.1, -0.05) is 38.1 Å². The number of benzene rings is 1. The molecule has 0 fully saturated rings. The lowest BCUT2D eigenvalue weighted by atomic mass is 10.0. The zero-order valence-electron chi connectivity index (χ0n) is 13.6. The Kier molecular flexibility index (Phi) is 6.56. The van der Waals surface area contributed by atoms with Crippen LogP contribution in [0.1, 0.15) is 36.7 Å². The Balaban J connectivity index is 2.69. The third kappa shape index (κ3) is 4.67. The second-order valence-corrected chi connectivity index (χ2v) is 5.55. The average molecular weight is 290 g/mol. The van der Waals surface area contributed by atoms with Gasteiger partial charge in [-0.3, -0.25) is 14.5 Å². The van der Waals surface area contributed by atoms with Gasteiger partial charge in [0.25, 0.3) is 0 Å². The SMILES string of the molecule is CCc1ccc(C(=O)C(C)N(C)CC(C)C(=O)NC)cc1. The van der Waals surface area contributed by atoms with Gasteiger partial charge in [-0.05, 0) is 26.0 Å². The quantitative estimate of drug-likeness (QED) is 0.783. The van der Waals surface area contributed by atoms with E-state index in [4.69, 9.17) is 0 Å². The molecule has 0 aromatic heterocycles. The number of carbonyl (C=O) groups is 2. The molecule has 0 bridgehead atoms. The fraction of sp³-hybridized carbons (Fsp3) is 0.529. The molecule has 2 atom stereocenters. The molecule has 0 heterocycles. The Morgan fingerprint density at radius 3 is 2.24 bits per heavy atom. The van der Waals surface area contributed by atoms with Crippen LogP contribution in [0.5, 0.6) is 0 Å². The fourth-order valence-corrected chi connectivity index (χ4v) is 2.27. The van der Waals surface area contributed by atoms with E-state index < -0.39 is 0 Å². The summed E-state index contributed by atoms with van der Waals surface area (Å²) in [6.07, 6.45) is 0.966. The first-order valence-corrected chi connectivity index (χ1v) is 7.45. The molecule has 0 spiro atoms. The lowest BCUT2D eigenvalue weighted by Gasteiger charge is -2.26. The van der Waals surface area contributed by atoms with Crippen molar-refractivity contribution >= 4 is 11.7 Å². The molecule has 2 unspecified atom stereocenters. The van der Waals surface area contributed by atoms with Crippen molar-refractivity contribution < 1.29 is 9.59 Å². The van der Waals surface area contributed by atoms with Gasteiger partial charge in [0.1, 0.15) is 0 Å². The molecule has 0 saturated carbocycles. The highest BCUT2D eigenvalue weighted by atomic mass is 16.2. The molecular formula is C17H26N2O2. The van der Waals surface area contributed by atoms with Gasteiger partial charge < -0.3 is 5.32 Å². The van der Waals surface area contributed by atoms with E-state index in [1.54, 1.807) is 7.05 Å². The molecule has 1 aromatic rings.